The van der Waals surface area contributed by atoms with Crippen LogP contribution in [0.15, 0.2) is 56.1 Å². The van der Waals surface area contributed by atoms with E-state index < -0.39 is 0 Å². The molecule has 4 rings (SSSR count). The van der Waals surface area contributed by atoms with Gasteiger partial charge in [-0.25, -0.2) is 0 Å². The Morgan fingerprint density at radius 2 is 1.97 bits per heavy atom. The Hall–Kier alpha value is -2.45. The second-order valence-electron chi connectivity index (χ2n) is 6.79. The topological polar surface area (TPSA) is 69.0 Å². The highest BCUT2D eigenvalue weighted by atomic mass is 79.9. The van der Waals surface area contributed by atoms with E-state index in [9.17, 15) is 9.59 Å². The van der Waals surface area contributed by atoms with Crippen molar-refractivity contribution >= 4 is 44.6 Å². The summed E-state index contributed by atoms with van der Waals surface area (Å²) in [6.45, 7) is 3.14. The average Bonchev–Trinajstić information content (AvgIpc) is 2.76. The van der Waals surface area contributed by atoms with E-state index in [4.69, 9.17) is 13.9 Å². The van der Waals surface area contributed by atoms with Gasteiger partial charge in [0.15, 0.2) is 6.61 Å². The lowest BCUT2D eigenvalue weighted by molar-refractivity contribution is -0.132. The molecule has 0 atom stereocenters. The number of ether oxygens (including phenoxy) is 2. The van der Waals surface area contributed by atoms with E-state index in [0.29, 0.717) is 28.2 Å². The van der Waals surface area contributed by atoms with Crippen molar-refractivity contribution in [2.24, 2.45) is 0 Å². The number of amides is 1. The Morgan fingerprint density at radius 1 is 1.20 bits per heavy atom. The predicted octanol–water partition coefficient (Wildman–Crippen LogP) is 4.61. The van der Waals surface area contributed by atoms with Gasteiger partial charge in [0.1, 0.15) is 22.8 Å². The van der Waals surface area contributed by atoms with Crippen LogP contribution < -0.4 is 14.9 Å². The number of halogens is 1. The molecule has 0 spiro atoms. The van der Waals surface area contributed by atoms with Crippen molar-refractivity contribution in [3.05, 3.63) is 62.9 Å². The molecule has 8 heteroatoms. The first-order valence-corrected chi connectivity index (χ1v) is 11.5. The second kappa shape index (κ2) is 9.14. The number of para-hydroxylation sites is 1. The van der Waals surface area contributed by atoms with Gasteiger partial charge >= 0.3 is 0 Å². The van der Waals surface area contributed by atoms with Gasteiger partial charge in [0, 0.05) is 30.7 Å². The van der Waals surface area contributed by atoms with Crippen LogP contribution in [0.2, 0.25) is 0 Å². The molecule has 1 aromatic heterocycles. The van der Waals surface area contributed by atoms with Crippen molar-refractivity contribution in [3.8, 4) is 17.2 Å². The van der Waals surface area contributed by atoms with Crippen LogP contribution in [0.3, 0.4) is 0 Å². The van der Waals surface area contributed by atoms with Gasteiger partial charge in [-0.3, -0.25) is 9.59 Å². The molecule has 2 heterocycles. The zero-order valence-corrected chi connectivity index (χ0v) is 18.8. The maximum absolute atomic E-state index is 12.9. The number of fused-ring (bicyclic) bond motifs is 1. The van der Waals surface area contributed by atoms with Crippen molar-refractivity contribution in [3.63, 3.8) is 0 Å². The van der Waals surface area contributed by atoms with Gasteiger partial charge in [-0.15, -0.1) is 0 Å². The van der Waals surface area contributed by atoms with Crippen LogP contribution in [-0.2, 0) is 4.79 Å². The number of benzene rings is 2. The number of hydrogen-bond acceptors (Lipinski definition) is 6. The van der Waals surface area contributed by atoms with E-state index in [-0.39, 0.29) is 23.7 Å². The normalized spacial score (nSPS) is 14.0. The van der Waals surface area contributed by atoms with Crippen LogP contribution in [-0.4, -0.2) is 42.0 Å². The van der Waals surface area contributed by atoms with E-state index in [1.165, 1.54) is 0 Å². The molecule has 156 valence electrons. The molecule has 1 fully saturated rings. The third kappa shape index (κ3) is 4.49. The summed E-state index contributed by atoms with van der Waals surface area (Å²) in [6, 6.07) is 12.2. The molecule has 6 nitrogen and oxygen atoms in total. The van der Waals surface area contributed by atoms with Gasteiger partial charge in [-0.1, -0.05) is 12.1 Å². The van der Waals surface area contributed by atoms with Crippen LogP contribution >= 0.6 is 27.7 Å². The molecule has 0 aliphatic carbocycles. The Kier molecular flexibility index (Phi) is 6.34. The summed E-state index contributed by atoms with van der Waals surface area (Å²) in [6.07, 6.45) is 0. The van der Waals surface area contributed by atoms with Gasteiger partial charge in [-0.05, 0) is 47.1 Å². The van der Waals surface area contributed by atoms with E-state index in [0.717, 1.165) is 29.1 Å². The SMILES string of the molecule is Cc1oc2cc(OCC(=O)N3CCSCC3)ccc2c(=O)c1Oc1ccccc1Br. The zero-order chi connectivity index (χ0) is 21.1. The molecule has 0 radical (unpaired) electrons. The fraction of sp³-hybridized carbons (Fsp3) is 0.273. The van der Waals surface area contributed by atoms with Crippen molar-refractivity contribution in [2.75, 3.05) is 31.2 Å². The van der Waals surface area contributed by atoms with Gasteiger partial charge in [0.05, 0.1) is 9.86 Å². The Morgan fingerprint density at radius 3 is 2.73 bits per heavy atom. The highest BCUT2D eigenvalue weighted by Gasteiger charge is 2.18. The molecule has 0 bridgehead atoms. The fourth-order valence-corrected chi connectivity index (χ4v) is 4.43. The molecular formula is C22H20BrNO5S. The smallest absolute Gasteiger partial charge is 0.260 e. The molecule has 30 heavy (non-hydrogen) atoms. The minimum Gasteiger partial charge on any atom is -0.484 e. The van der Waals surface area contributed by atoms with E-state index in [1.54, 1.807) is 31.2 Å². The summed E-state index contributed by atoms with van der Waals surface area (Å²) in [4.78, 5) is 27.0. The molecule has 1 amide bonds. The van der Waals surface area contributed by atoms with E-state index in [2.05, 4.69) is 15.9 Å². The molecule has 1 aliphatic rings. The number of hydrogen-bond donors (Lipinski definition) is 0. The molecule has 0 unspecified atom stereocenters. The lowest BCUT2D eigenvalue weighted by Gasteiger charge is -2.26. The van der Waals surface area contributed by atoms with E-state index in [1.807, 2.05) is 34.9 Å². The van der Waals surface area contributed by atoms with Gasteiger partial charge in [-0.2, -0.15) is 11.8 Å². The summed E-state index contributed by atoms with van der Waals surface area (Å²) in [5.74, 6) is 3.38. The molecule has 1 aliphatic heterocycles. The maximum atomic E-state index is 12.9. The second-order valence-corrected chi connectivity index (χ2v) is 8.87. The van der Waals surface area contributed by atoms with E-state index >= 15 is 0 Å². The van der Waals surface area contributed by atoms with Crippen LogP contribution in [0, 0.1) is 6.92 Å². The minimum atomic E-state index is -0.266. The third-order valence-electron chi connectivity index (χ3n) is 4.76. The Balaban J connectivity index is 1.54. The van der Waals surface area contributed by atoms with Gasteiger partial charge in [0.2, 0.25) is 11.2 Å². The summed E-state index contributed by atoms with van der Waals surface area (Å²) in [5, 5.41) is 0.384. The Bertz CT molecular complexity index is 1140. The van der Waals surface area contributed by atoms with Crippen molar-refractivity contribution in [2.45, 2.75) is 6.92 Å². The first kappa shape index (κ1) is 20.8. The molecule has 3 aromatic rings. The maximum Gasteiger partial charge on any atom is 0.260 e. The number of thioether (sulfide) groups is 1. The quantitative estimate of drug-likeness (QED) is 0.521. The zero-order valence-electron chi connectivity index (χ0n) is 16.4. The average molecular weight is 490 g/mol. The summed E-state index contributed by atoms with van der Waals surface area (Å²) < 4.78 is 18.0. The molecular weight excluding hydrogens is 470 g/mol. The summed E-state index contributed by atoms with van der Waals surface area (Å²) >= 11 is 5.26. The molecule has 0 saturated carbocycles. The minimum absolute atomic E-state index is 0.0368. The van der Waals surface area contributed by atoms with Crippen LogP contribution in [0.4, 0.5) is 0 Å². The third-order valence-corrected chi connectivity index (χ3v) is 6.36. The molecule has 2 aromatic carbocycles. The Labute approximate surface area is 186 Å². The predicted molar refractivity (Wildman–Crippen MR) is 121 cm³/mol. The monoisotopic (exact) mass is 489 g/mol. The number of nitrogens with zero attached hydrogens (tertiary/aromatic N) is 1. The summed E-state index contributed by atoms with van der Waals surface area (Å²) in [5.41, 5.74) is 0.120. The largest absolute Gasteiger partial charge is 0.484 e. The van der Waals surface area contributed by atoms with Crippen molar-refractivity contribution < 1.29 is 18.7 Å². The standard InChI is InChI=1S/C22H20BrNO5S/c1-14-22(29-18-5-3-2-4-17(18)23)21(26)16-7-6-15(12-19(16)28-14)27-13-20(25)24-8-10-30-11-9-24/h2-7,12H,8-11,13H2,1H3. The highest BCUT2D eigenvalue weighted by molar-refractivity contribution is 9.10. The number of carbonyl (C=O) groups is 1. The summed E-state index contributed by atoms with van der Waals surface area (Å²) in [7, 11) is 0. The van der Waals surface area contributed by atoms with Crippen LogP contribution in [0.25, 0.3) is 11.0 Å². The first-order valence-electron chi connectivity index (χ1n) is 9.51. The number of rotatable bonds is 5. The van der Waals surface area contributed by atoms with Crippen molar-refractivity contribution in [1.82, 2.24) is 4.90 Å². The molecule has 1 saturated heterocycles. The number of aryl methyl sites for hydroxylation is 1. The lowest BCUT2D eigenvalue weighted by atomic mass is 10.2. The fourth-order valence-electron chi connectivity index (χ4n) is 3.16. The van der Waals surface area contributed by atoms with Crippen molar-refractivity contribution in [1.29, 1.82) is 0 Å². The van der Waals surface area contributed by atoms with Gasteiger partial charge < -0.3 is 18.8 Å². The highest BCUT2D eigenvalue weighted by Crippen LogP contribution is 2.31. The van der Waals surface area contributed by atoms with Crippen LogP contribution in [0.5, 0.6) is 17.2 Å². The first-order chi connectivity index (χ1) is 14.5. The van der Waals surface area contributed by atoms with Crippen LogP contribution in [0.1, 0.15) is 5.76 Å². The number of carbonyl (C=O) groups excluding carboxylic acids is 1. The molecule has 0 N–H and O–H groups in total. The van der Waals surface area contributed by atoms with Gasteiger partial charge in [0.25, 0.3) is 5.91 Å². The lowest BCUT2D eigenvalue weighted by Crippen LogP contribution is -2.40.